The number of thiol groups is 1. The minimum Gasteiger partial charge on any atom is -0.338 e. The van der Waals surface area contributed by atoms with Gasteiger partial charge in [0.2, 0.25) is 0 Å². The number of halogens is 1. The topological polar surface area (TPSA) is 20.3 Å². The van der Waals surface area contributed by atoms with Crippen molar-refractivity contribution in [2.24, 2.45) is 5.92 Å². The van der Waals surface area contributed by atoms with E-state index in [4.69, 9.17) is 11.6 Å². The van der Waals surface area contributed by atoms with Crippen LogP contribution in [-0.4, -0.2) is 23.9 Å². The molecule has 0 N–H and O–H groups in total. The van der Waals surface area contributed by atoms with Gasteiger partial charge in [0.1, 0.15) is 0 Å². The van der Waals surface area contributed by atoms with Crippen LogP contribution >= 0.6 is 24.2 Å². The lowest BCUT2D eigenvalue weighted by Crippen LogP contribution is -2.28. The van der Waals surface area contributed by atoms with Crippen LogP contribution in [0.1, 0.15) is 36.5 Å². The van der Waals surface area contributed by atoms with Crippen LogP contribution in [0.3, 0.4) is 0 Å². The summed E-state index contributed by atoms with van der Waals surface area (Å²) in [6.45, 7) is 3.89. The van der Waals surface area contributed by atoms with Gasteiger partial charge in [0.05, 0.1) is 10.6 Å². The Balaban J connectivity index is 2.10. The zero-order chi connectivity index (χ0) is 13.1. The Morgan fingerprint density at radius 3 is 3.06 bits per heavy atom. The van der Waals surface area contributed by atoms with Crippen LogP contribution in [-0.2, 0) is 0 Å². The number of carbonyl (C=O) groups excluding carboxylic acids is 1. The van der Waals surface area contributed by atoms with Gasteiger partial charge in [-0.05, 0) is 37.0 Å². The maximum atomic E-state index is 12.4. The molecule has 2 rings (SSSR count). The molecule has 2 nitrogen and oxygen atoms in total. The quantitative estimate of drug-likeness (QED) is 0.835. The summed E-state index contributed by atoms with van der Waals surface area (Å²) in [5, 5.41) is 0.511. The second-order valence-electron chi connectivity index (χ2n) is 4.86. The Morgan fingerprint density at radius 2 is 2.33 bits per heavy atom. The molecule has 0 saturated carbocycles. The average Bonchev–Trinajstić information content (AvgIpc) is 2.80. The maximum Gasteiger partial charge on any atom is 0.255 e. The SMILES string of the molecule is CCCC1CCN(C(=O)c2cc(S)ccc2Cl)C1. The fraction of sp³-hybridized carbons (Fsp3) is 0.500. The number of likely N-dealkylation sites (tertiary alicyclic amines) is 1. The van der Waals surface area contributed by atoms with E-state index < -0.39 is 0 Å². The van der Waals surface area contributed by atoms with E-state index >= 15 is 0 Å². The molecule has 1 aliphatic heterocycles. The molecule has 1 aromatic carbocycles. The van der Waals surface area contributed by atoms with Gasteiger partial charge in [-0.1, -0.05) is 24.9 Å². The summed E-state index contributed by atoms with van der Waals surface area (Å²) in [5.41, 5.74) is 0.571. The number of carbonyl (C=O) groups is 1. The second kappa shape index (κ2) is 5.98. The van der Waals surface area contributed by atoms with Gasteiger partial charge in [-0.15, -0.1) is 12.6 Å². The van der Waals surface area contributed by atoms with Gasteiger partial charge in [-0.3, -0.25) is 4.79 Å². The van der Waals surface area contributed by atoms with E-state index in [1.54, 1.807) is 18.2 Å². The van der Waals surface area contributed by atoms with Crippen molar-refractivity contribution in [2.75, 3.05) is 13.1 Å². The average molecular weight is 284 g/mol. The molecule has 1 saturated heterocycles. The van der Waals surface area contributed by atoms with Gasteiger partial charge in [0, 0.05) is 18.0 Å². The Hall–Kier alpha value is -0.670. The summed E-state index contributed by atoms with van der Waals surface area (Å²) in [6, 6.07) is 5.28. The molecule has 1 amide bonds. The van der Waals surface area contributed by atoms with Crippen molar-refractivity contribution in [1.29, 1.82) is 0 Å². The van der Waals surface area contributed by atoms with Crippen LogP contribution in [0.15, 0.2) is 23.1 Å². The van der Waals surface area contributed by atoms with E-state index in [0.29, 0.717) is 16.5 Å². The molecular formula is C14H18ClNOS. The maximum absolute atomic E-state index is 12.4. The van der Waals surface area contributed by atoms with Crippen molar-refractivity contribution >= 4 is 30.1 Å². The predicted molar refractivity (Wildman–Crippen MR) is 77.6 cm³/mol. The first kappa shape index (κ1) is 13.8. The summed E-state index contributed by atoms with van der Waals surface area (Å²) >= 11 is 10.3. The third-order valence-corrected chi connectivity index (χ3v) is 4.06. The molecule has 1 fully saturated rings. The van der Waals surface area contributed by atoms with Gasteiger partial charge in [-0.2, -0.15) is 0 Å². The summed E-state index contributed by atoms with van der Waals surface area (Å²) in [7, 11) is 0. The largest absolute Gasteiger partial charge is 0.338 e. The number of rotatable bonds is 3. The normalized spacial score (nSPS) is 19.3. The highest BCUT2D eigenvalue weighted by Gasteiger charge is 2.27. The lowest BCUT2D eigenvalue weighted by Gasteiger charge is -2.17. The highest BCUT2D eigenvalue weighted by atomic mass is 35.5. The number of hydrogen-bond acceptors (Lipinski definition) is 2. The van der Waals surface area contributed by atoms with E-state index in [2.05, 4.69) is 19.6 Å². The lowest BCUT2D eigenvalue weighted by molar-refractivity contribution is 0.0786. The van der Waals surface area contributed by atoms with Gasteiger partial charge in [0.25, 0.3) is 5.91 Å². The first-order valence-corrected chi connectivity index (χ1v) is 7.22. The number of benzene rings is 1. The predicted octanol–water partition coefficient (Wildman–Crippen LogP) is 3.89. The lowest BCUT2D eigenvalue weighted by atomic mass is 10.0. The third kappa shape index (κ3) is 3.01. The fourth-order valence-electron chi connectivity index (χ4n) is 2.51. The molecule has 0 aliphatic carbocycles. The summed E-state index contributed by atoms with van der Waals surface area (Å²) in [4.78, 5) is 15.1. The molecule has 4 heteroatoms. The molecule has 0 aromatic heterocycles. The van der Waals surface area contributed by atoms with E-state index in [0.717, 1.165) is 24.4 Å². The number of nitrogens with zero attached hydrogens (tertiary/aromatic N) is 1. The Bertz CT molecular complexity index is 449. The van der Waals surface area contributed by atoms with Crippen molar-refractivity contribution in [3.63, 3.8) is 0 Å². The standard InChI is InChI=1S/C14H18ClNOS/c1-2-3-10-6-7-16(9-10)14(17)12-8-11(18)4-5-13(12)15/h4-5,8,10,18H,2-3,6-7,9H2,1H3. The van der Waals surface area contributed by atoms with E-state index in [1.165, 1.54) is 12.8 Å². The molecule has 1 atom stereocenters. The fourth-order valence-corrected chi connectivity index (χ4v) is 2.91. The molecule has 1 unspecified atom stereocenters. The third-order valence-electron chi connectivity index (χ3n) is 3.45. The highest BCUT2D eigenvalue weighted by molar-refractivity contribution is 7.80. The Morgan fingerprint density at radius 1 is 1.56 bits per heavy atom. The monoisotopic (exact) mass is 283 g/mol. The van der Waals surface area contributed by atoms with E-state index in [9.17, 15) is 4.79 Å². The van der Waals surface area contributed by atoms with Crippen LogP contribution in [0.5, 0.6) is 0 Å². The zero-order valence-electron chi connectivity index (χ0n) is 10.5. The van der Waals surface area contributed by atoms with Crippen LogP contribution < -0.4 is 0 Å². The molecule has 1 heterocycles. The molecule has 0 radical (unpaired) electrons. The van der Waals surface area contributed by atoms with Crippen LogP contribution in [0, 0.1) is 5.92 Å². The molecule has 98 valence electrons. The Labute approximate surface area is 119 Å². The first-order chi connectivity index (χ1) is 8.61. The van der Waals surface area contributed by atoms with Crippen LogP contribution in [0.25, 0.3) is 0 Å². The van der Waals surface area contributed by atoms with Gasteiger partial charge < -0.3 is 4.90 Å². The minimum atomic E-state index is 0.0366. The second-order valence-corrected chi connectivity index (χ2v) is 5.78. The minimum absolute atomic E-state index is 0.0366. The van der Waals surface area contributed by atoms with Gasteiger partial charge in [0.15, 0.2) is 0 Å². The van der Waals surface area contributed by atoms with Crippen molar-refractivity contribution < 1.29 is 4.79 Å². The molecule has 18 heavy (non-hydrogen) atoms. The highest BCUT2D eigenvalue weighted by Crippen LogP contribution is 2.26. The number of amides is 1. The summed E-state index contributed by atoms with van der Waals surface area (Å²) in [6.07, 6.45) is 3.49. The smallest absolute Gasteiger partial charge is 0.255 e. The molecule has 0 bridgehead atoms. The molecular weight excluding hydrogens is 266 g/mol. The van der Waals surface area contributed by atoms with Crippen molar-refractivity contribution in [3.8, 4) is 0 Å². The molecule has 0 spiro atoms. The van der Waals surface area contributed by atoms with Gasteiger partial charge >= 0.3 is 0 Å². The summed E-state index contributed by atoms with van der Waals surface area (Å²) < 4.78 is 0. The van der Waals surface area contributed by atoms with Crippen molar-refractivity contribution in [1.82, 2.24) is 4.90 Å². The first-order valence-electron chi connectivity index (χ1n) is 6.39. The van der Waals surface area contributed by atoms with E-state index in [1.807, 2.05) is 4.90 Å². The molecule has 1 aromatic rings. The van der Waals surface area contributed by atoms with Gasteiger partial charge in [-0.25, -0.2) is 0 Å². The van der Waals surface area contributed by atoms with Crippen molar-refractivity contribution in [2.45, 2.75) is 31.1 Å². The van der Waals surface area contributed by atoms with Crippen molar-refractivity contribution in [3.05, 3.63) is 28.8 Å². The van der Waals surface area contributed by atoms with E-state index in [-0.39, 0.29) is 5.91 Å². The number of hydrogen-bond donors (Lipinski definition) is 1. The summed E-state index contributed by atoms with van der Waals surface area (Å²) in [5.74, 6) is 0.686. The zero-order valence-corrected chi connectivity index (χ0v) is 12.2. The molecule has 1 aliphatic rings. The van der Waals surface area contributed by atoms with Crippen LogP contribution in [0.2, 0.25) is 5.02 Å². The Kier molecular flexibility index (Phi) is 4.57. The van der Waals surface area contributed by atoms with Crippen LogP contribution in [0.4, 0.5) is 0 Å².